The van der Waals surface area contributed by atoms with Crippen molar-refractivity contribution < 1.29 is 0 Å². The van der Waals surface area contributed by atoms with Gasteiger partial charge in [0, 0.05) is 18.4 Å². The molecule has 2 N–H and O–H groups in total. The number of hydrogen-bond donors (Lipinski definition) is 1. The molecule has 0 aliphatic rings. The van der Waals surface area contributed by atoms with Gasteiger partial charge in [0.1, 0.15) is 0 Å². The minimum Gasteiger partial charge on any atom is -0.328 e. The first-order chi connectivity index (χ1) is 6.18. The molecule has 13 heavy (non-hydrogen) atoms. The van der Waals surface area contributed by atoms with E-state index in [1.807, 2.05) is 25.3 Å². The maximum absolute atomic E-state index is 5.69. The van der Waals surface area contributed by atoms with Crippen LogP contribution in [-0.2, 0) is 0 Å². The minimum absolute atomic E-state index is 0.230. The number of rotatable bonds is 3. The van der Waals surface area contributed by atoms with Gasteiger partial charge in [0.15, 0.2) is 0 Å². The summed E-state index contributed by atoms with van der Waals surface area (Å²) in [6.07, 6.45) is 6.69. The van der Waals surface area contributed by atoms with Gasteiger partial charge in [-0.2, -0.15) is 0 Å². The second kappa shape index (κ2) is 4.77. The van der Waals surface area contributed by atoms with E-state index < -0.39 is 0 Å². The van der Waals surface area contributed by atoms with Crippen LogP contribution in [0.3, 0.4) is 0 Å². The molecule has 0 aromatic carbocycles. The summed E-state index contributed by atoms with van der Waals surface area (Å²) >= 11 is 0. The maximum Gasteiger partial charge on any atom is 0.0340 e. The highest BCUT2D eigenvalue weighted by Gasteiger charge is 1.95. The lowest BCUT2D eigenvalue weighted by molar-refractivity contribution is 0.734. The molecule has 1 atom stereocenters. The summed E-state index contributed by atoms with van der Waals surface area (Å²) in [6, 6.07) is 4.20. The Hall–Kier alpha value is -1.15. The van der Waals surface area contributed by atoms with Crippen LogP contribution in [-0.4, -0.2) is 11.0 Å². The van der Waals surface area contributed by atoms with E-state index in [2.05, 4.69) is 18.0 Å². The second-order valence-electron chi connectivity index (χ2n) is 3.46. The zero-order valence-corrected chi connectivity index (χ0v) is 8.20. The van der Waals surface area contributed by atoms with E-state index in [4.69, 9.17) is 5.73 Å². The quantitative estimate of drug-likeness (QED) is 0.767. The summed E-state index contributed by atoms with van der Waals surface area (Å²) in [5.41, 5.74) is 8.12. The van der Waals surface area contributed by atoms with Crippen molar-refractivity contribution in [2.24, 2.45) is 5.73 Å². The van der Waals surface area contributed by atoms with Gasteiger partial charge in [0.25, 0.3) is 0 Å². The molecule has 1 aromatic rings. The number of hydrogen-bond acceptors (Lipinski definition) is 2. The Morgan fingerprint density at radius 2 is 2.46 bits per heavy atom. The van der Waals surface area contributed by atoms with Gasteiger partial charge in [0.05, 0.1) is 0 Å². The molecule has 70 valence electrons. The number of aromatic nitrogens is 1. The second-order valence-corrected chi connectivity index (χ2v) is 3.46. The average molecular weight is 176 g/mol. The Balaban J connectivity index is 2.66. The Labute approximate surface area is 79.5 Å². The summed E-state index contributed by atoms with van der Waals surface area (Å²) in [6.45, 7) is 4.11. The number of pyridine rings is 1. The lowest BCUT2D eigenvalue weighted by atomic mass is 10.1. The fraction of sp³-hybridized carbons (Fsp3) is 0.364. The Kier molecular flexibility index (Phi) is 3.65. The van der Waals surface area contributed by atoms with Crippen molar-refractivity contribution in [1.29, 1.82) is 0 Å². The fourth-order valence-electron chi connectivity index (χ4n) is 1.31. The first-order valence-electron chi connectivity index (χ1n) is 4.51. The zero-order valence-electron chi connectivity index (χ0n) is 8.20. The highest BCUT2D eigenvalue weighted by molar-refractivity contribution is 5.50. The summed E-state index contributed by atoms with van der Waals surface area (Å²) < 4.78 is 0. The molecule has 1 unspecified atom stereocenters. The minimum atomic E-state index is 0.230. The van der Waals surface area contributed by atoms with Gasteiger partial charge in [-0.1, -0.05) is 17.7 Å². The van der Waals surface area contributed by atoms with Crippen molar-refractivity contribution in [3.05, 3.63) is 35.7 Å². The average Bonchev–Trinajstić information content (AvgIpc) is 2.04. The van der Waals surface area contributed by atoms with E-state index in [1.54, 1.807) is 6.20 Å². The standard InChI is InChI=1S/C11H16N2/c1-9(6-10(2)12)7-11-4-3-5-13-8-11/h3-5,7-8,10H,6,12H2,1-2H3. The van der Waals surface area contributed by atoms with Crippen LogP contribution in [0.25, 0.3) is 6.08 Å². The molecule has 1 heterocycles. The van der Waals surface area contributed by atoms with Crippen LogP contribution < -0.4 is 5.73 Å². The van der Waals surface area contributed by atoms with Crippen molar-refractivity contribution in [3.63, 3.8) is 0 Å². The Bertz CT molecular complexity index is 275. The third-order valence-electron chi connectivity index (χ3n) is 1.74. The Morgan fingerprint density at radius 1 is 1.69 bits per heavy atom. The largest absolute Gasteiger partial charge is 0.328 e. The van der Waals surface area contributed by atoms with Crippen LogP contribution in [0.2, 0.25) is 0 Å². The van der Waals surface area contributed by atoms with Crippen LogP contribution in [0.15, 0.2) is 30.1 Å². The predicted octanol–water partition coefficient (Wildman–Crippen LogP) is 2.22. The molecule has 0 bridgehead atoms. The molecular weight excluding hydrogens is 160 g/mol. The molecule has 0 aliphatic carbocycles. The van der Waals surface area contributed by atoms with Gasteiger partial charge in [0.2, 0.25) is 0 Å². The molecule has 0 saturated heterocycles. The zero-order chi connectivity index (χ0) is 9.68. The molecule has 1 aromatic heterocycles. The smallest absolute Gasteiger partial charge is 0.0340 e. The van der Waals surface area contributed by atoms with Crippen LogP contribution in [0.5, 0.6) is 0 Å². The van der Waals surface area contributed by atoms with Gasteiger partial charge in [-0.3, -0.25) is 4.98 Å². The van der Waals surface area contributed by atoms with Gasteiger partial charge in [-0.15, -0.1) is 0 Å². The first kappa shape index (κ1) is 9.93. The van der Waals surface area contributed by atoms with Crippen molar-refractivity contribution in [3.8, 4) is 0 Å². The molecule has 0 radical (unpaired) electrons. The van der Waals surface area contributed by atoms with Crippen molar-refractivity contribution in [2.45, 2.75) is 26.3 Å². The van der Waals surface area contributed by atoms with E-state index in [0.29, 0.717) is 0 Å². The number of nitrogens with zero attached hydrogens (tertiary/aromatic N) is 1. The van der Waals surface area contributed by atoms with Gasteiger partial charge < -0.3 is 5.73 Å². The molecular formula is C11H16N2. The first-order valence-corrected chi connectivity index (χ1v) is 4.51. The highest BCUT2D eigenvalue weighted by atomic mass is 14.6. The van der Waals surface area contributed by atoms with E-state index in [9.17, 15) is 0 Å². The van der Waals surface area contributed by atoms with Crippen LogP contribution in [0.1, 0.15) is 25.8 Å². The van der Waals surface area contributed by atoms with E-state index in [0.717, 1.165) is 12.0 Å². The fourth-order valence-corrected chi connectivity index (χ4v) is 1.31. The number of nitrogens with two attached hydrogens (primary N) is 1. The third kappa shape index (κ3) is 3.85. The van der Waals surface area contributed by atoms with Crippen LogP contribution in [0.4, 0.5) is 0 Å². The van der Waals surface area contributed by atoms with E-state index in [1.165, 1.54) is 5.57 Å². The van der Waals surface area contributed by atoms with E-state index >= 15 is 0 Å². The normalized spacial score (nSPS) is 14.2. The molecule has 0 fully saturated rings. The van der Waals surface area contributed by atoms with Crippen LogP contribution in [0, 0.1) is 0 Å². The molecule has 0 spiro atoms. The van der Waals surface area contributed by atoms with Crippen molar-refractivity contribution >= 4 is 6.08 Å². The van der Waals surface area contributed by atoms with Crippen molar-refractivity contribution in [1.82, 2.24) is 4.98 Å². The van der Waals surface area contributed by atoms with Gasteiger partial charge in [-0.25, -0.2) is 0 Å². The molecule has 2 nitrogen and oxygen atoms in total. The Morgan fingerprint density at radius 3 is 3.00 bits per heavy atom. The summed E-state index contributed by atoms with van der Waals surface area (Å²) in [7, 11) is 0. The monoisotopic (exact) mass is 176 g/mol. The van der Waals surface area contributed by atoms with Crippen molar-refractivity contribution in [2.75, 3.05) is 0 Å². The van der Waals surface area contributed by atoms with E-state index in [-0.39, 0.29) is 6.04 Å². The molecule has 0 amide bonds. The topological polar surface area (TPSA) is 38.9 Å². The lowest BCUT2D eigenvalue weighted by Crippen LogP contribution is -2.14. The maximum atomic E-state index is 5.69. The molecule has 1 rings (SSSR count). The summed E-state index contributed by atoms with van der Waals surface area (Å²) in [5.74, 6) is 0. The third-order valence-corrected chi connectivity index (χ3v) is 1.74. The van der Waals surface area contributed by atoms with Gasteiger partial charge in [-0.05, 0) is 31.9 Å². The molecule has 0 aliphatic heterocycles. The summed E-state index contributed by atoms with van der Waals surface area (Å²) in [4.78, 5) is 4.04. The van der Waals surface area contributed by atoms with Crippen LogP contribution >= 0.6 is 0 Å². The molecule has 2 heteroatoms. The molecule has 0 saturated carbocycles. The predicted molar refractivity (Wildman–Crippen MR) is 56.2 cm³/mol. The summed E-state index contributed by atoms with van der Waals surface area (Å²) in [5, 5.41) is 0. The van der Waals surface area contributed by atoms with Gasteiger partial charge >= 0.3 is 0 Å². The highest BCUT2D eigenvalue weighted by Crippen LogP contribution is 2.08. The SMILES string of the molecule is CC(=Cc1cccnc1)CC(C)N. The lowest BCUT2D eigenvalue weighted by Gasteiger charge is -2.04.